The average Bonchev–Trinajstić information content (AvgIpc) is 2.92. The van der Waals surface area contributed by atoms with Crippen LogP contribution in [0.3, 0.4) is 0 Å². The van der Waals surface area contributed by atoms with E-state index in [9.17, 15) is 18.0 Å². The molecule has 7 nitrogen and oxygen atoms in total. The summed E-state index contributed by atoms with van der Waals surface area (Å²) in [6.07, 6.45) is -0.270. The summed E-state index contributed by atoms with van der Waals surface area (Å²) in [5.41, 5.74) is 0.944. The number of halogens is 3. The van der Waals surface area contributed by atoms with Crippen LogP contribution in [0.4, 0.5) is 13.2 Å². The first-order valence-corrected chi connectivity index (χ1v) is 6.23. The van der Waals surface area contributed by atoms with Crippen LogP contribution in [0.15, 0.2) is 30.9 Å². The van der Waals surface area contributed by atoms with E-state index in [0.29, 0.717) is 0 Å². The van der Waals surface area contributed by atoms with E-state index in [2.05, 4.69) is 9.36 Å². The highest BCUT2D eigenvalue weighted by Gasteiger charge is 2.28. The molecule has 0 amide bonds. The second kappa shape index (κ2) is 7.45. The van der Waals surface area contributed by atoms with E-state index in [1.54, 1.807) is 17.0 Å². The van der Waals surface area contributed by atoms with E-state index in [1.165, 1.54) is 17.9 Å². The van der Waals surface area contributed by atoms with Gasteiger partial charge in [-0.25, -0.2) is 9.78 Å². The number of alkyl halides is 3. The number of hydrogen-bond donors (Lipinski definition) is 1. The summed E-state index contributed by atoms with van der Waals surface area (Å²) >= 11 is 1.31. The van der Waals surface area contributed by atoms with Crippen LogP contribution in [0.25, 0.3) is 10.6 Å². The highest BCUT2D eigenvalue weighted by atomic mass is 32.1. The molecule has 0 aliphatic heterocycles. The Morgan fingerprint density at radius 2 is 1.86 bits per heavy atom. The van der Waals surface area contributed by atoms with Crippen LogP contribution in [0.1, 0.15) is 0 Å². The fraction of sp³-hybridized carbons (Fsp3) is 0.182. The van der Waals surface area contributed by atoms with Gasteiger partial charge < -0.3 is 15.0 Å². The molecule has 0 aliphatic carbocycles. The van der Waals surface area contributed by atoms with Crippen molar-refractivity contribution in [2.24, 2.45) is 0 Å². The van der Waals surface area contributed by atoms with E-state index < -0.39 is 18.1 Å². The molecular weight excluding hydrogens is 327 g/mol. The quantitative estimate of drug-likeness (QED) is 0.784. The maximum atomic E-state index is 10.5. The number of carbonyl (C=O) groups excluding carboxylic acids is 1. The number of nitrogens with zero attached hydrogens (tertiary/aromatic N) is 3. The Morgan fingerprint density at radius 3 is 2.23 bits per heavy atom. The second-order valence-electron chi connectivity index (χ2n) is 3.68. The molecule has 2 aromatic rings. The van der Waals surface area contributed by atoms with Gasteiger partial charge in [0.1, 0.15) is 17.3 Å². The molecule has 1 N–H and O–H groups in total. The molecule has 2 heterocycles. The number of carboxylic acid groups (broad SMARTS) is 2. The zero-order chi connectivity index (χ0) is 16.8. The summed E-state index contributed by atoms with van der Waals surface area (Å²) in [4.78, 5) is 23.3. The molecule has 0 aliphatic rings. The minimum absolute atomic E-state index is 0.0314. The topological polar surface area (TPSA) is 107 Å². The van der Waals surface area contributed by atoms with Gasteiger partial charge in [0.2, 0.25) is 6.54 Å². The van der Waals surface area contributed by atoms with Gasteiger partial charge in [-0.05, 0) is 11.5 Å². The van der Waals surface area contributed by atoms with Gasteiger partial charge in [-0.2, -0.15) is 22.1 Å². The van der Waals surface area contributed by atoms with Gasteiger partial charge in [-0.3, -0.25) is 0 Å². The molecule has 0 atom stereocenters. The maximum absolute atomic E-state index is 10.5. The van der Waals surface area contributed by atoms with Crippen molar-refractivity contribution in [3.8, 4) is 10.6 Å². The fourth-order valence-corrected chi connectivity index (χ4v) is 1.69. The minimum atomic E-state index is -5.19. The molecule has 11 heteroatoms. The first kappa shape index (κ1) is 17.5. The zero-order valence-electron chi connectivity index (χ0n) is 10.6. The predicted octanol–water partition coefficient (Wildman–Crippen LogP) is -0.124. The normalized spacial score (nSPS) is 10.5. The van der Waals surface area contributed by atoms with Gasteiger partial charge >= 0.3 is 12.1 Å². The second-order valence-corrected chi connectivity index (χ2v) is 4.46. The van der Waals surface area contributed by atoms with E-state index in [0.717, 1.165) is 10.6 Å². The number of rotatable bonds is 3. The third-order valence-electron chi connectivity index (χ3n) is 2.05. The number of carbonyl (C=O) groups is 2. The van der Waals surface area contributed by atoms with Crippen molar-refractivity contribution in [2.75, 3.05) is 0 Å². The molecule has 2 rings (SSSR count). The van der Waals surface area contributed by atoms with E-state index in [1.807, 2.05) is 12.1 Å². The Hall–Kier alpha value is -2.56. The highest BCUT2D eigenvalue weighted by molar-refractivity contribution is 7.09. The molecule has 0 fully saturated rings. The number of carboxylic acids is 2. The smallest absolute Gasteiger partial charge is 0.430 e. The Bertz CT molecular complexity index is 629. The van der Waals surface area contributed by atoms with Crippen molar-refractivity contribution < 1.29 is 37.5 Å². The average molecular weight is 335 g/mol. The van der Waals surface area contributed by atoms with E-state index >= 15 is 0 Å². The van der Waals surface area contributed by atoms with Crippen LogP contribution >= 0.6 is 11.5 Å². The fourth-order valence-electron chi connectivity index (χ4n) is 1.16. The summed E-state index contributed by atoms with van der Waals surface area (Å²) in [6.45, 7) is -0.0314. The summed E-state index contributed by atoms with van der Waals surface area (Å²) < 4.78 is 37.0. The Balaban J connectivity index is 0.000000295. The molecule has 0 saturated heterocycles. The van der Waals surface area contributed by atoms with Crippen LogP contribution < -0.4 is 9.67 Å². The van der Waals surface area contributed by atoms with Gasteiger partial charge in [-0.1, -0.05) is 0 Å². The van der Waals surface area contributed by atoms with E-state index in [-0.39, 0.29) is 6.54 Å². The van der Waals surface area contributed by atoms with Crippen molar-refractivity contribution >= 4 is 23.5 Å². The standard InChI is InChI=1S/C9H7N3O2S.C2HF3O2/c13-8(14)5-12-3-1-7(2-4-12)9-10-6-11-15-9;3-2(4,5)1(6)7/h1-4,6H,5H2;(H,6,7). The van der Waals surface area contributed by atoms with Crippen LogP contribution in [-0.2, 0) is 16.1 Å². The largest absolute Gasteiger partial charge is 0.542 e. The highest BCUT2D eigenvalue weighted by Crippen LogP contribution is 2.17. The molecule has 0 aromatic carbocycles. The molecule has 0 unspecified atom stereocenters. The Kier molecular flexibility index (Phi) is 5.92. The number of aromatic nitrogens is 3. The van der Waals surface area contributed by atoms with Crippen molar-refractivity contribution in [1.82, 2.24) is 9.36 Å². The van der Waals surface area contributed by atoms with Crippen molar-refractivity contribution in [3.63, 3.8) is 0 Å². The van der Waals surface area contributed by atoms with Crippen molar-refractivity contribution in [1.29, 1.82) is 0 Å². The maximum Gasteiger partial charge on any atom is 0.430 e. The van der Waals surface area contributed by atoms with E-state index in [4.69, 9.17) is 15.0 Å². The molecule has 0 radical (unpaired) electrons. The summed E-state index contributed by atoms with van der Waals surface area (Å²) in [5, 5.41) is 18.2. The first-order chi connectivity index (χ1) is 10.2. The van der Waals surface area contributed by atoms with Gasteiger partial charge in [-0.15, -0.1) is 0 Å². The summed E-state index contributed by atoms with van der Waals surface area (Å²) in [5.74, 6) is -3.86. The summed E-state index contributed by atoms with van der Waals surface area (Å²) in [6, 6.07) is 3.65. The van der Waals surface area contributed by atoms with Crippen molar-refractivity contribution in [2.45, 2.75) is 12.7 Å². The van der Waals surface area contributed by atoms with Gasteiger partial charge in [0, 0.05) is 17.7 Å². The number of pyridine rings is 1. The van der Waals surface area contributed by atoms with Crippen LogP contribution in [0, 0.1) is 0 Å². The lowest BCUT2D eigenvalue weighted by molar-refractivity contribution is -0.685. The minimum Gasteiger partial charge on any atom is -0.542 e. The van der Waals surface area contributed by atoms with Gasteiger partial charge in [0.15, 0.2) is 12.4 Å². The number of aliphatic carboxylic acids is 2. The molecule has 0 saturated carbocycles. The zero-order valence-corrected chi connectivity index (χ0v) is 11.5. The lowest BCUT2D eigenvalue weighted by Crippen LogP contribution is -2.37. The monoisotopic (exact) mass is 335 g/mol. The first-order valence-electron chi connectivity index (χ1n) is 5.46. The molecule has 118 valence electrons. The van der Waals surface area contributed by atoms with Crippen molar-refractivity contribution in [3.05, 3.63) is 30.9 Å². The summed E-state index contributed by atoms with van der Waals surface area (Å²) in [7, 11) is 0. The predicted molar refractivity (Wildman–Crippen MR) is 64.2 cm³/mol. The van der Waals surface area contributed by atoms with Gasteiger partial charge in [0.25, 0.3) is 0 Å². The molecule has 2 aromatic heterocycles. The van der Waals surface area contributed by atoms with Gasteiger partial charge in [0.05, 0.1) is 0 Å². The number of hydrogen-bond acceptors (Lipinski definition) is 6. The third kappa shape index (κ3) is 5.83. The van der Waals surface area contributed by atoms with Crippen LogP contribution in [0.5, 0.6) is 0 Å². The molecular formula is C11H8F3N3O4S. The molecule has 0 bridgehead atoms. The third-order valence-corrected chi connectivity index (χ3v) is 2.76. The molecule has 0 spiro atoms. The Labute approximate surface area is 125 Å². The lowest BCUT2D eigenvalue weighted by Gasteiger charge is -2.03. The SMILES string of the molecule is O=C(O)C[n+]1ccc(-c2ncns2)cc1.O=C([O-])C(F)(F)F. The van der Waals surface area contributed by atoms with Crippen LogP contribution in [-0.4, -0.2) is 32.6 Å². The Morgan fingerprint density at radius 1 is 1.32 bits per heavy atom. The van der Waals surface area contributed by atoms with Crippen LogP contribution in [0.2, 0.25) is 0 Å². The molecule has 22 heavy (non-hydrogen) atoms. The lowest BCUT2D eigenvalue weighted by atomic mass is 10.3.